The van der Waals surface area contributed by atoms with Gasteiger partial charge in [-0.1, -0.05) is 18.2 Å². The molecule has 1 aliphatic carbocycles. The van der Waals surface area contributed by atoms with Crippen LogP contribution in [0, 0.1) is 5.82 Å². The third-order valence-corrected chi connectivity index (χ3v) is 4.15. The molecule has 1 saturated carbocycles. The molecule has 3 rings (SSSR count). The zero-order valence-corrected chi connectivity index (χ0v) is 13.0. The molecule has 0 unspecified atom stereocenters. The Labute approximate surface area is 134 Å². The van der Waals surface area contributed by atoms with Crippen molar-refractivity contribution in [1.82, 2.24) is 10.3 Å². The number of nitrogens with one attached hydrogen (secondary N) is 1. The summed E-state index contributed by atoms with van der Waals surface area (Å²) in [6.07, 6.45) is 3.24. The molecule has 2 aromatic rings. The molecule has 23 heavy (non-hydrogen) atoms. The van der Waals surface area contributed by atoms with Gasteiger partial charge < -0.3 is 10.1 Å². The molecule has 120 valence electrons. The molecule has 4 nitrogen and oxygen atoms in total. The third kappa shape index (κ3) is 3.18. The van der Waals surface area contributed by atoms with E-state index in [-0.39, 0.29) is 11.7 Å². The molecule has 0 aliphatic heterocycles. The summed E-state index contributed by atoms with van der Waals surface area (Å²) >= 11 is 0. The van der Waals surface area contributed by atoms with Gasteiger partial charge in [0.1, 0.15) is 5.82 Å². The van der Waals surface area contributed by atoms with Crippen molar-refractivity contribution < 1.29 is 13.9 Å². The molecule has 0 spiro atoms. The summed E-state index contributed by atoms with van der Waals surface area (Å²) in [5.41, 5.74) is 1.20. The van der Waals surface area contributed by atoms with Crippen LogP contribution in [0.4, 0.5) is 4.39 Å². The second-order valence-corrected chi connectivity index (χ2v) is 5.67. The first kappa shape index (κ1) is 15.5. The van der Waals surface area contributed by atoms with Crippen molar-refractivity contribution in [3.8, 4) is 5.88 Å². The Morgan fingerprint density at radius 3 is 2.70 bits per heavy atom. The number of nitrogens with zero attached hydrogens (tertiary/aromatic N) is 1. The van der Waals surface area contributed by atoms with E-state index in [1.54, 1.807) is 18.3 Å². The van der Waals surface area contributed by atoms with Gasteiger partial charge in [0.15, 0.2) is 0 Å². The van der Waals surface area contributed by atoms with Crippen LogP contribution in [0.15, 0.2) is 42.6 Å². The number of amides is 1. The minimum absolute atomic E-state index is 0.0320. The van der Waals surface area contributed by atoms with E-state index >= 15 is 0 Å². The standard InChI is InChI=1S/C18H19FN2O2/c1-2-23-16-13(4-3-11-20-16)12-21-17(22)18(9-10-18)14-5-7-15(19)8-6-14/h3-8,11H,2,9-10,12H2,1H3,(H,21,22). The summed E-state index contributed by atoms with van der Waals surface area (Å²) in [4.78, 5) is 16.8. The summed E-state index contributed by atoms with van der Waals surface area (Å²) < 4.78 is 18.5. The lowest BCUT2D eigenvalue weighted by Gasteiger charge is -2.16. The Morgan fingerprint density at radius 1 is 1.30 bits per heavy atom. The molecule has 0 atom stereocenters. The second-order valence-electron chi connectivity index (χ2n) is 5.67. The van der Waals surface area contributed by atoms with Gasteiger partial charge in [0.2, 0.25) is 11.8 Å². The molecule has 0 saturated heterocycles. The van der Waals surface area contributed by atoms with Gasteiger partial charge in [-0.05, 0) is 43.5 Å². The van der Waals surface area contributed by atoms with Gasteiger partial charge in [-0.2, -0.15) is 0 Å². The maximum atomic E-state index is 13.1. The third-order valence-electron chi connectivity index (χ3n) is 4.15. The molecule has 1 amide bonds. The van der Waals surface area contributed by atoms with Crippen LogP contribution in [-0.2, 0) is 16.8 Å². The average Bonchev–Trinajstić information content (AvgIpc) is 3.36. The van der Waals surface area contributed by atoms with E-state index in [1.807, 2.05) is 19.1 Å². The Kier molecular flexibility index (Phi) is 4.28. The van der Waals surface area contributed by atoms with Gasteiger partial charge in [-0.15, -0.1) is 0 Å². The van der Waals surface area contributed by atoms with Crippen LogP contribution < -0.4 is 10.1 Å². The Morgan fingerprint density at radius 2 is 2.04 bits per heavy atom. The first-order chi connectivity index (χ1) is 11.2. The SMILES string of the molecule is CCOc1ncccc1CNC(=O)C1(c2ccc(F)cc2)CC1. The molecule has 1 heterocycles. The quantitative estimate of drug-likeness (QED) is 0.892. The number of halogens is 1. The van der Waals surface area contributed by atoms with Crippen LogP contribution in [0.2, 0.25) is 0 Å². The van der Waals surface area contributed by atoms with E-state index in [0.717, 1.165) is 24.0 Å². The van der Waals surface area contributed by atoms with Crippen LogP contribution in [0.1, 0.15) is 30.9 Å². The average molecular weight is 314 g/mol. The highest BCUT2D eigenvalue weighted by Gasteiger charge is 2.51. The number of carbonyl (C=O) groups is 1. The zero-order valence-electron chi connectivity index (χ0n) is 13.0. The second kappa shape index (κ2) is 6.36. The fourth-order valence-corrected chi connectivity index (χ4v) is 2.71. The molecular weight excluding hydrogens is 295 g/mol. The fourth-order valence-electron chi connectivity index (χ4n) is 2.71. The monoisotopic (exact) mass is 314 g/mol. The normalized spacial score (nSPS) is 15.0. The van der Waals surface area contributed by atoms with Gasteiger partial charge in [0.25, 0.3) is 0 Å². The van der Waals surface area contributed by atoms with Crippen LogP contribution in [0.3, 0.4) is 0 Å². The lowest BCUT2D eigenvalue weighted by atomic mass is 9.95. The van der Waals surface area contributed by atoms with Crippen molar-refractivity contribution in [2.45, 2.75) is 31.7 Å². The lowest BCUT2D eigenvalue weighted by Crippen LogP contribution is -2.34. The maximum absolute atomic E-state index is 13.1. The van der Waals surface area contributed by atoms with E-state index < -0.39 is 5.41 Å². The largest absolute Gasteiger partial charge is 0.478 e. The van der Waals surface area contributed by atoms with Gasteiger partial charge in [0, 0.05) is 18.3 Å². The highest BCUT2D eigenvalue weighted by Crippen LogP contribution is 2.48. The Bertz CT molecular complexity index is 696. The summed E-state index contributed by atoms with van der Waals surface area (Å²) in [5.74, 6) is 0.221. The number of hydrogen-bond acceptors (Lipinski definition) is 3. The molecule has 1 aromatic heterocycles. The molecule has 1 N–H and O–H groups in total. The van der Waals surface area contributed by atoms with Gasteiger partial charge in [-0.3, -0.25) is 4.79 Å². The highest BCUT2D eigenvalue weighted by molar-refractivity contribution is 5.91. The predicted molar refractivity (Wildman–Crippen MR) is 84.6 cm³/mol. The fraction of sp³-hybridized carbons (Fsp3) is 0.333. The number of pyridine rings is 1. The number of carbonyl (C=O) groups excluding carboxylic acids is 1. The number of aromatic nitrogens is 1. The van der Waals surface area contributed by atoms with Crippen LogP contribution in [-0.4, -0.2) is 17.5 Å². The Hall–Kier alpha value is -2.43. The van der Waals surface area contributed by atoms with Gasteiger partial charge >= 0.3 is 0 Å². The molecule has 0 bridgehead atoms. The molecule has 5 heteroatoms. The number of hydrogen-bond donors (Lipinski definition) is 1. The van der Waals surface area contributed by atoms with Crippen molar-refractivity contribution in [3.63, 3.8) is 0 Å². The maximum Gasteiger partial charge on any atom is 0.230 e. The molecule has 1 fully saturated rings. The highest BCUT2D eigenvalue weighted by atomic mass is 19.1. The van der Waals surface area contributed by atoms with E-state index in [2.05, 4.69) is 10.3 Å². The van der Waals surface area contributed by atoms with E-state index in [9.17, 15) is 9.18 Å². The van der Waals surface area contributed by atoms with Gasteiger partial charge in [-0.25, -0.2) is 9.37 Å². The van der Waals surface area contributed by atoms with Crippen LogP contribution in [0.25, 0.3) is 0 Å². The Balaban J connectivity index is 1.69. The van der Waals surface area contributed by atoms with Crippen molar-refractivity contribution in [2.24, 2.45) is 0 Å². The van der Waals surface area contributed by atoms with Crippen molar-refractivity contribution in [2.75, 3.05) is 6.61 Å². The van der Waals surface area contributed by atoms with E-state index in [0.29, 0.717) is 19.0 Å². The molecule has 1 aromatic carbocycles. The van der Waals surface area contributed by atoms with E-state index in [4.69, 9.17) is 4.74 Å². The van der Waals surface area contributed by atoms with Crippen molar-refractivity contribution in [3.05, 3.63) is 59.5 Å². The smallest absolute Gasteiger partial charge is 0.230 e. The zero-order chi connectivity index (χ0) is 16.3. The van der Waals surface area contributed by atoms with Gasteiger partial charge in [0.05, 0.1) is 12.0 Å². The van der Waals surface area contributed by atoms with Crippen LogP contribution in [0.5, 0.6) is 5.88 Å². The summed E-state index contributed by atoms with van der Waals surface area (Å²) in [7, 11) is 0. The van der Waals surface area contributed by atoms with E-state index in [1.165, 1.54) is 12.1 Å². The minimum Gasteiger partial charge on any atom is -0.478 e. The van der Waals surface area contributed by atoms with Crippen molar-refractivity contribution in [1.29, 1.82) is 0 Å². The summed E-state index contributed by atoms with van der Waals surface area (Å²) in [5, 5.41) is 2.96. The lowest BCUT2D eigenvalue weighted by molar-refractivity contribution is -0.123. The summed E-state index contributed by atoms with van der Waals surface area (Å²) in [6.45, 7) is 2.78. The number of rotatable bonds is 6. The van der Waals surface area contributed by atoms with Crippen LogP contribution >= 0.6 is 0 Å². The molecule has 0 radical (unpaired) electrons. The molecular formula is C18H19FN2O2. The first-order valence-electron chi connectivity index (χ1n) is 7.77. The first-order valence-corrected chi connectivity index (χ1v) is 7.77. The predicted octanol–water partition coefficient (Wildman–Crippen LogP) is 2.97. The van der Waals surface area contributed by atoms with Crippen molar-refractivity contribution >= 4 is 5.91 Å². The number of ether oxygens (including phenoxy) is 1. The number of benzene rings is 1. The topological polar surface area (TPSA) is 51.2 Å². The summed E-state index contributed by atoms with van der Waals surface area (Å²) in [6, 6.07) is 9.88. The minimum atomic E-state index is -0.512. The molecule has 1 aliphatic rings.